The molecule has 0 aromatic heterocycles. The van der Waals surface area contributed by atoms with E-state index in [4.69, 9.17) is 5.73 Å². The Bertz CT molecular complexity index is 163. The summed E-state index contributed by atoms with van der Waals surface area (Å²) in [6, 6.07) is 0.839. The van der Waals surface area contributed by atoms with Gasteiger partial charge < -0.3 is 5.73 Å². The normalized spacial score (nSPS) is 34.0. The molecule has 0 amide bonds. The van der Waals surface area contributed by atoms with Crippen LogP contribution in [0, 0.1) is 0 Å². The summed E-state index contributed by atoms with van der Waals surface area (Å²) >= 11 is 0. The van der Waals surface area contributed by atoms with Gasteiger partial charge in [-0.2, -0.15) is 0 Å². The van der Waals surface area contributed by atoms with Gasteiger partial charge in [-0.1, -0.05) is 6.92 Å². The molecule has 0 aromatic carbocycles. The molecule has 2 nitrogen and oxygen atoms in total. The van der Waals surface area contributed by atoms with Crippen molar-refractivity contribution in [1.29, 1.82) is 0 Å². The van der Waals surface area contributed by atoms with Gasteiger partial charge in [-0.05, 0) is 38.6 Å². The van der Waals surface area contributed by atoms with Gasteiger partial charge in [-0.25, -0.2) is 0 Å². The molecule has 1 saturated carbocycles. The van der Waals surface area contributed by atoms with Gasteiger partial charge in [0, 0.05) is 18.1 Å². The molecule has 1 saturated heterocycles. The summed E-state index contributed by atoms with van der Waals surface area (Å²) < 4.78 is 0. The first kappa shape index (κ1) is 8.52. The highest BCUT2D eigenvalue weighted by Crippen LogP contribution is 2.35. The predicted molar refractivity (Wildman–Crippen MR) is 51.0 cm³/mol. The van der Waals surface area contributed by atoms with E-state index >= 15 is 0 Å². The van der Waals surface area contributed by atoms with Crippen molar-refractivity contribution >= 4 is 0 Å². The van der Waals surface area contributed by atoms with Gasteiger partial charge in [-0.3, -0.25) is 4.90 Å². The molecule has 2 heteroatoms. The van der Waals surface area contributed by atoms with Gasteiger partial charge in [0.25, 0.3) is 0 Å². The van der Waals surface area contributed by atoms with Crippen molar-refractivity contribution < 1.29 is 0 Å². The zero-order chi connectivity index (χ0) is 8.60. The standard InChI is InChI=1S/C10H20N2/c1-2-9-4-3-7-12(9)8-10(11)5-6-10/h9H,2-8,11H2,1H3. The summed E-state index contributed by atoms with van der Waals surface area (Å²) in [7, 11) is 0. The Hall–Kier alpha value is -0.0800. The van der Waals surface area contributed by atoms with Crippen LogP contribution in [0.2, 0.25) is 0 Å². The third-order valence-corrected chi connectivity index (χ3v) is 3.38. The van der Waals surface area contributed by atoms with Crippen LogP contribution in [0.4, 0.5) is 0 Å². The Labute approximate surface area is 75.1 Å². The summed E-state index contributed by atoms with van der Waals surface area (Å²) in [6.45, 7) is 4.74. The number of hydrogen-bond acceptors (Lipinski definition) is 2. The zero-order valence-electron chi connectivity index (χ0n) is 8.05. The third kappa shape index (κ3) is 1.64. The van der Waals surface area contributed by atoms with E-state index in [1.165, 1.54) is 38.6 Å². The largest absolute Gasteiger partial charge is 0.324 e. The fourth-order valence-electron chi connectivity index (χ4n) is 2.29. The lowest BCUT2D eigenvalue weighted by Gasteiger charge is -2.26. The van der Waals surface area contributed by atoms with Gasteiger partial charge in [0.1, 0.15) is 0 Å². The fraction of sp³-hybridized carbons (Fsp3) is 1.00. The quantitative estimate of drug-likeness (QED) is 0.689. The maximum absolute atomic E-state index is 6.10. The maximum atomic E-state index is 6.10. The van der Waals surface area contributed by atoms with Crippen LogP contribution in [0.15, 0.2) is 0 Å². The summed E-state index contributed by atoms with van der Waals surface area (Å²) in [5, 5.41) is 0. The molecule has 1 unspecified atom stereocenters. The SMILES string of the molecule is CCC1CCCN1CC1(N)CC1. The molecule has 1 aliphatic heterocycles. The van der Waals surface area contributed by atoms with E-state index in [2.05, 4.69) is 11.8 Å². The van der Waals surface area contributed by atoms with E-state index < -0.39 is 0 Å². The summed E-state index contributed by atoms with van der Waals surface area (Å²) in [5.74, 6) is 0. The van der Waals surface area contributed by atoms with Crippen molar-refractivity contribution in [1.82, 2.24) is 4.90 Å². The molecule has 0 bridgehead atoms. The molecular weight excluding hydrogens is 148 g/mol. The molecule has 0 spiro atoms. The van der Waals surface area contributed by atoms with Gasteiger partial charge >= 0.3 is 0 Å². The van der Waals surface area contributed by atoms with E-state index in [0.29, 0.717) is 0 Å². The van der Waals surface area contributed by atoms with Crippen LogP contribution in [0.1, 0.15) is 39.0 Å². The molecule has 1 heterocycles. The predicted octanol–water partition coefficient (Wildman–Crippen LogP) is 1.35. The van der Waals surface area contributed by atoms with Crippen LogP contribution >= 0.6 is 0 Å². The van der Waals surface area contributed by atoms with Crippen molar-refractivity contribution in [3.63, 3.8) is 0 Å². The van der Waals surface area contributed by atoms with Crippen molar-refractivity contribution in [3.8, 4) is 0 Å². The second kappa shape index (κ2) is 3.00. The van der Waals surface area contributed by atoms with Gasteiger partial charge in [0.15, 0.2) is 0 Å². The summed E-state index contributed by atoms with van der Waals surface area (Å²) in [5.41, 5.74) is 6.32. The second-order valence-corrected chi connectivity index (χ2v) is 4.54. The minimum absolute atomic E-state index is 0.220. The van der Waals surface area contributed by atoms with Crippen molar-refractivity contribution in [2.45, 2.75) is 50.6 Å². The van der Waals surface area contributed by atoms with Gasteiger partial charge in [-0.15, -0.1) is 0 Å². The van der Waals surface area contributed by atoms with Crippen LogP contribution in [0.5, 0.6) is 0 Å². The molecule has 0 radical (unpaired) electrons. The molecular formula is C10H20N2. The first-order valence-electron chi connectivity index (χ1n) is 5.26. The first-order chi connectivity index (χ1) is 5.73. The molecule has 2 aliphatic rings. The van der Waals surface area contributed by atoms with Crippen LogP contribution < -0.4 is 5.73 Å². The van der Waals surface area contributed by atoms with E-state index in [0.717, 1.165) is 12.6 Å². The third-order valence-electron chi connectivity index (χ3n) is 3.38. The molecule has 1 aliphatic carbocycles. The highest BCUT2D eigenvalue weighted by Gasteiger charge is 2.41. The van der Waals surface area contributed by atoms with E-state index in [1.807, 2.05) is 0 Å². The zero-order valence-corrected chi connectivity index (χ0v) is 8.05. The van der Waals surface area contributed by atoms with Crippen molar-refractivity contribution in [2.75, 3.05) is 13.1 Å². The number of nitrogens with two attached hydrogens (primary N) is 1. The van der Waals surface area contributed by atoms with E-state index in [9.17, 15) is 0 Å². The van der Waals surface area contributed by atoms with Gasteiger partial charge in [0.05, 0.1) is 0 Å². The second-order valence-electron chi connectivity index (χ2n) is 4.54. The highest BCUT2D eigenvalue weighted by molar-refractivity contribution is 5.02. The lowest BCUT2D eigenvalue weighted by molar-refractivity contribution is 0.227. The summed E-state index contributed by atoms with van der Waals surface area (Å²) in [6.07, 6.45) is 6.58. The highest BCUT2D eigenvalue weighted by atomic mass is 15.2. The number of hydrogen-bond donors (Lipinski definition) is 1. The van der Waals surface area contributed by atoms with Crippen LogP contribution in [0.3, 0.4) is 0 Å². The van der Waals surface area contributed by atoms with Gasteiger partial charge in [0.2, 0.25) is 0 Å². The topological polar surface area (TPSA) is 29.3 Å². The molecule has 0 aromatic rings. The van der Waals surface area contributed by atoms with Crippen molar-refractivity contribution in [2.24, 2.45) is 5.73 Å². The Kier molecular flexibility index (Phi) is 2.13. The lowest BCUT2D eigenvalue weighted by Crippen LogP contribution is -2.41. The van der Waals surface area contributed by atoms with Crippen LogP contribution in [-0.2, 0) is 0 Å². The first-order valence-corrected chi connectivity index (χ1v) is 5.26. The minimum Gasteiger partial charge on any atom is -0.324 e. The Morgan fingerprint density at radius 2 is 2.25 bits per heavy atom. The Morgan fingerprint density at radius 1 is 1.50 bits per heavy atom. The molecule has 1 atom stereocenters. The number of rotatable bonds is 3. The smallest absolute Gasteiger partial charge is 0.0284 e. The molecule has 70 valence electrons. The molecule has 2 fully saturated rings. The van der Waals surface area contributed by atoms with E-state index in [1.54, 1.807) is 0 Å². The Balaban J connectivity index is 1.85. The molecule has 2 N–H and O–H groups in total. The lowest BCUT2D eigenvalue weighted by atomic mass is 10.1. The van der Waals surface area contributed by atoms with E-state index in [-0.39, 0.29) is 5.54 Å². The average molecular weight is 168 g/mol. The minimum atomic E-state index is 0.220. The van der Waals surface area contributed by atoms with Crippen LogP contribution in [-0.4, -0.2) is 29.6 Å². The average Bonchev–Trinajstić information content (AvgIpc) is 2.64. The number of likely N-dealkylation sites (tertiary alicyclic amines) is 1. The van der Waals surface area contributed by atoms with Crippen LogP contribution in [0.25, 0.3) is 0 Å². The summed E-state index contributed by atoms with van der Waals surface area (Å²) in [4.78, 5) is 2.60. The van der Waals surface area contributed by atoms with Crippen molar-refractivity contribution in [3.05, 3.63) is 0 Å². The molecule has 12 heavy (non-hydrogen) atoms. The monoisotopic (exact) mass is 168 g/mol. The molecule has 2 rings (SSSR count). The Morgan fingerprint density at radius 3 is 2.83 bits per heavy atom. The maximum Gasteiger partial charge on any atom is 0.0284 e. The fourth-order valence-corrected chi connectivity index (χ4v) is 2.29. The number of nitrogens with zero attached hydrogens (tertiary/aromatic N) is 1.